The molecule has 1 rings (SSSR count). The first kappa shape index (κ1) is 11.2. The molecule has 0 radical (unpaired) electrons. The molecular formula is C10H13Br2N. The van der Waals surface area contributed by atoms with Gasteiger partial charge in [0, 0.05) is 27.1 Å². The van der Waals surface area contributed by atoms with Crippen molar-refractivity contribution >= 4 is 31.9 Å². The number of hydrogen-bond donors (Lipinski definition) is 0. The van der Waals surface area contributed by atoms with Gasteiger partial charge in [-0.1, -0.05) is 29.8 Å². The molecule has 2 atom stereocenters. The molecule has 1 aromatic heterocycles. The molecule has 0 aliphatic rings. The quantitative estimate of drug-likeness (QED) is 0.766. The second-order valence-corrected chi connectivity index (χ2v) is 5.45. The van der Waals surface area contributed by atoms with E-state index in [1.807, 2.05) is 12.3 Å². The van der Waals surface area contributed by atoms with Crippen LogP contribution in [0.5, 0.6) is 0 Å². The number of halogens is 2. The van der Waals surface area contributed by atoms with Gasteiger partial charge in [0.25, 0.3) is 0 Å². The standard InChI is InChI=1S/C10H13Br2N/c1-3-9(7(2)11)10-5-4-8(12)6-13-10/h4-7,9H,3H2,1-2H3. The minimum absolute atomic E-state index is 0.478. The molecule has 1 aromatic rings. The van der Waals surface area contributed by atoms with E-state index >= 15 is 0 Å². The van der Waals surface area contributed by atoms with Crippen LogP contribution in [0.3, 0.4) is 0 Å². The molecule has 0 saturated carbocycles. The molecule has 0 bridgehead atoms. The lowest BCUT2D eigenvalue weighted by atomic mass is 9.99. The lowest BCUT2D eigenvalue weighted by molar-refractivity contribution is 0.643. The van der Waals surface area contributed by atoms with E-state index in [4.69, 9.17) is 0 Å². The molecule has 2 unspecified atom stereocenters. The highest BCUT2D eigenvalue weighted by atomic mass is 79.9. The average molecular weight is 307 g/mol. The van der Waals surface area contributed by atoms with Crippen molar-refractivity contribution in [1.82, 2.24) is 4.98 Å². The van der Waals surface area contributed by atoms with E-state index in [1.165, 1.54) is 0 Å². The maximum Gasteiger partial charge on any atom is 0.0446 e. The number of pyridine rings is 1. The van der Waals surface area contributed by atoms with Gasteiger partial charge in [0.15, 0.2) is 0 Å². The van der Waals surface area contributed by atoms with Gasteiger partial charge >= 0.3 is 0 Å². The predicted octanol–water partition coefficient (Wildman–Crippen LogP) is 4.12. The van der Waals surface area contributed by atoms with Gasteiger partial charge in [-0.15, -0.1) is 0 Å². The van der Waals surface area contributed by atoms with Crippen LogP contribution in [0.25, 0.3) is 0 Å². The van der Waals surface area contributed by atoms with Crippen LogP contribution in [0.15, 0.2) is 22.8 Å². The summed E-state index contributed by atoms with van der Waals surface area (Å²) in [5.41, 5.74) is 1.16. The molecule has 0 fully saturated rings. The molecule has 1 heterocycles. The number of alkyl halides is 1. The average Bonchev–Trinajstić information content (AvgIpc) is 2.09. The van der Waals surface area contributed by atoms with Gasteiger partial charge in [0.05, 0.1) is 0 Å². The Hall–Kier alpha value is 0.110. The maximum atomic E-state index is 4.39. The third kappa shape index (κ3) is 3.06. The Labute approximate surface area is 96.2 Å². The van der Waals surface area contributed by atoms with E-state index < -0.39 is 0 Å². The van der Waals surface area contributed by atoms with Crippen molar-refractivity contribution in [2.45, 2.75) is 31.0 Å². The van der Waals surface area contributed by atoms with E-state index in [-0.39, 0.29) is 0 Å². The van der Waals surface area contributed by atoms with Gasteiger partial charge in [-0.05, 0) is 34.5 Å². The van der Waals surface area contributed by atoms with Gasteiger partial charge in [0.1, 0.15) is 0 Å². The van der Waals surface area contributed by atoms with Crippen molar-refractivity contribution in [3.8, 4) is 0 Å². The second-order valence-electron chi connectivity index (χ2n) is 3.09. The summed E-state index contributed by atoms with van der Waals surface area (Å²) in [4.78, 5) is 4.87. The van der Waals surface area contributed by atoms with Gasteiger partial charge < -0.3 is 0 Å². The Bertz CT molecular complexity index is 256. The molecule has 13 heavy (non-hydrogen) atoms. The Kier molecular flexibility index (Phi) is 4.39. The first-order valence-corrected chi connectivity index (χ1v) is 6.11. The van der Waals surface area contributed by atoms with Gasteiger partial charge in [0.2, 0.25) is 0 Å². The normalized spacial score (nSPS) is 15.4. The van der Waals surface area contributed by atoms with Gasteiger partial charge in [-0.25, -0.2) is 0 Å². The molecule has 0 aromatic carbocycles. The molecule has 0 spiro atoms. The molecule has 0 amide bonds. The Morgan fingerprint density at radius 1 is 1.46 bits per heavy atom. The highest BCUT2D eigenvalue weighted by Crippen LogP contribution is 2.26. The first-order chi connectivity index (χ1) is 6.15. The Morgan fingerprint density at radius 3 is 2.54 bits per heavy atom. The van der Waals surface area contributed by atoms with Gasteiger partial charge in [-0.2, -0.15) is 0 Å². The Balaban J connectivity index is 2.86. The molecule has 0 aliphatic carbocycles. The van der Waals surface area contributed by atoms with Crippen molar-refractivity contribution in [1.29, 1.82) is 0 Å². The summed E-state index contributed by atoms with van der Waals surface area (Å²) in [6, 6.07) is 4.12. The zero-order chi connectivity index (χ0) is 9.84. The summed E-state index contributed by atoms with van der Waals surface area (Å²) in [5, 5.41) is 0. The fourth-order valence-corrected chi connectivity index (χ4v) is 2.26. The second kappa shape index (κ2) is 5.11. The fraction of sp³-hybridized carbons (Fsp3) is 0.500. The van der Waals surface area contributed by atoms with E-state index in [0.29, 0.717) is 10.7 Å². The van der Waals surface area contributed by atoms with Crippen LogP contribution < -0.4 is 0 Å². The minimum atomic E-state index is 0.478. The van der Waals surface area contributed by atoms with Crippen molar-refractivity contribution in [2.24, 2.45) is 0 Å². The zero-order valence-electron chi connectivity index (χ0n) is 7.80. The monoisotopic (exact) mass is 305 g/mol. The van der Waals surface area contributed by atoms with Crippen LogP contribution >= 0.6 is 31.9 Å². The van der Waals surface area contributed by atoms with Crippen LogP contribution in [0, 0.1) is 0 Å². The Morgan fingerprint density at radius 2 is 2.15 bits per heavy atom. The number of nitrogens with zero attached hydrogens (tertiary/aromatic N) is 1. The van der Waals surface area contributed by atoms with Crippen LogP contribution in [0.2, 0.25) is 0 Å². The van der Waals surface area contributed by atoms with Crippen LogP contribution in [0.4, 0.5) is 0 Å². The van der Waals surface area contributed by atoms with Crippen LogP contribution in [-0.4, -0.2) is 9.81 Å². The third-order valence-electron chi connectivity index (χ3n) is 2.12. The molecule has 3 heteroatoms. The van der Waals surface area contributed by atoms with Crippen molar-refractivity contribution in [2.75, 3.05) is 0 Å². The van der Waals surface area contributed by atoms with E-state index in [0.717, 1.165) is 16.6 Å². The molecular weight excluding hydrogens is 294 g/mol. The summed E-state index contributed by atoms with van der Waals surface area (Å²) in [5.74, 6) is 0.507. The van der Waals surface area contributed by atoms with E-state index in [9.17, 15) is 0 Å². The predicted molar refractivity (Wildman–Crippen MR) is 63.4 cm³/mol. The summed E-state index contributed by atoms with van der Waals surface area (Å²) in [7, 11) is 0. The van der Waals surface area contributed by atoms with E-state index in [1.54, 1.807) is 0 Å². The summed E-state index contributed by atoms with van der Waals surface area (Å²) in [6.07, 6.45) is 2.97. The molecule has 0 aliphatic heterocycles. The third-order valence-corrected chi connectivity index (χ3v) is 3.23. The highest BCUT2D eigenvalue weighted by Gasteiger charge is 2.15. The highest BCUT2D eigenvalue weighted by molar-refractivity contribution is 9.10. The van der Waals surface area contributed by atoms with Crippen molar-refractivity contribution in [3.63, 3.8) is 0 Å². The SMILES string of the molecule is CCC(c1ccc(Br)cn1)C(C)Br. The first-order valence-electron chi connectivity index (χ1n) is 4.40. The van der Waals surface area contributed by atoms with Crippen molar-refractivity contribution < 1.29 is 0 Å². The molecule has 0 saturated heterocycles. The van der Waals surface area contributed by atoms with Crippen LogP contribution in [0.1, 0.15) is 31.9 Å². The van der Waals surface area contributed by atoms with Gasteiger partial charge in [-0.3, -0.25) is 4.98 Å². The maximum absolute atomic E-state index is 4.39. The molecule has 1 nitrogen and oxygen atoms in total. The topological polar surface area (TPSA) is 12.9 Å². The molecule has 72 valence electrons. The summed E-state index contributed by atoms with van der Waals surface area (Å²) < 4.78 is 1.04. The van der Waals surface area contributed by atoms with Crippen LogP contribution in [-0.2, 0) is 0 Å². The smallest absolute Gasteiger partial charge is 0.0446 e. The molecule has 0 N–H and O–H groups in total. The number of aromatic nitrogens is 1. The van der Waals surface area contributed by atoms with Crippen molar-refractivity contribution in [3.05, 3.63) is 28.5 Å². The minimum Gasteiger partial charge on any atom is -0.260 e. The summed E-state index contributed by atoms with van der Waals surface area (Å²) in [6.45, 7) is 4.35. The zero-order valence-corrected chi connectivity index (χ0v) is 11.0. The lowest BCUT2D eigenvalue weighted by Crippen LogP contribution is -2.09. The largest absolute Gasteiger partial charge is 0.260 e. The summed E-state index contributed by atoms with van der Waals surface area (Å²) >= 11 is 6.98. The lowest BCUT2D eigenvalue weighted by Gasteiger charge is -2.16. The van der Waals surface area contributed by atoms with E-state index in [2.05, 4.69) is 56.8 Å². The fourth-order valence-electron chi connectivity index (χ4n) is 1.38. The number of rotatable bonds is 3. The number of hydrogen-bond acceptors (Lipinski definition) is 1.